The number of hydrogen-bond acceptors (Lipinski definition) is 5. The SMILES string of the molecule is Cl.Cl.NOCc1csc(N)n1. The van der Waals surface area contributed by atoms with E-state index in [9.17, 15) is 0 Å². The van der Waals surface area contributed by atoms with Crippen molar-refractivity contribution in [3.63, 3.8) is 0 Å². The van der Waals surface area contributed by atoms with Gasteiger partial charge in [0.15, 0.2) is 5.13 Å². The summed E-state index contributed by atoms with van der Waals surface area (Å²) in [5, 5.41) is 2.35. The average molecular weight is 218 g/mol. The second kappa shape index (κ2) is 6.63. The van der Waals surface area contributed by atoms with Crippen LogP contribution < -0.4 is 11.6 Å². The highest BCUT2D eigenvalue weighted by Gasteiger charge is 1.95. The number of hydrogen-bond donors (Lipinski definition) is 2. The van der Waals surface area contributed by atoms with Gasteiger partial charge in [0.1, 0.15) is 6.61 Å². The second-order valence-corrected chi connectivity index (χ2v) is 2.38. The highest BCUT2D eigenvalue weighted by Crippen LogP contribution is 2.10. The molecule has 11 heavy (non-hydrogen) atoms. The number of rotatable bonds is 2. The predicted octanol–water partition coefficient (Wildman–Crippen LogP) is 0.959. The molecule has 0 spiro atoms. The van der Waals surface area contributed by atoms with Crippen LogP contribution in [0.2, 0.25) is 0 Å². The van der Waals surface area contributed by atoms with Crippen molar-refractivity contribution in [3.05, 3.63) is 11.1 Å². The molecule has 0 unspecified atom stereocenters. The molecule has 0 aliphatic carbocycles. The molecule has 66 valence electrons. The lowest BCUT2D eigenvalue weighted by molar-refractivity contribution is 0.122. The molecule has 0 saturated heterocycles. The van der Waals surface area contributed by atoms with Crippen LogP contribution in [-0.2, 0) is 11.4 Å². The molecule has 1 heterocycles. The zero-order chi connectivity index (χ0) is 6.69. The van der Waals surface area contributed by atoms with Crippen molar-refractivity contribution in [2.45, 2.75) is 6.61 Å². The van der Waals surface area contributed by atoms with Gasteiger partial charge in [0.2, 0.25) is 0 Å². The molecule has 0 atom stereocenters. The highest BCUT2D eigenvalue weighted by atomic mass is 35.5. The molecule has 4 N–H and O–H groups in total. The Morgan fingerprint density at radius 1 is 1.55 bits per heavy atom. The highest BCUT2D eigenvalue weighted by molar-refractivity contribution is 7.13. The van der Waals surface area contributed by atoms with E-state index in [1.807, 2.05) is 5.38 Å². The first kappa shape index (κ1) is 13.5. The maximum Gasteiger partial charge on any atom is 0.180 e. The molecule has 0 aromatic carbocycles. The topological polar surface area (TPSA) is 74.2 Å². The smallest absolute Gasteiger partial charge is 0.180 e. The number of thiazole rings is 1. The number of anilines is 1. The third kappa shape index (κ3) is 4.39. The van der Waals surface area contributed by atoms with E-state index in [4.69, 9.17) is 11.6 Å². The Morgan fingerprint density at radius 3 is 2.55 bits per heavy atom. The van der Waals surface area contributed by atoms with Crippen LogP contribution in [0.1, 0.15) is 5.69 Å². The normalized spacial score (nSPS) is 8.09. The lowest BCUT2D eigenvalue weighted by Gasteiger charge is -1.88. The van der Waals surface area contributed by atoms with Gasteiger partial charge in [0, 0.05) is 5.38 Å². The Balaban J connectivity index is 0. The standard InChI is InChI=1S/C4H7N3OS.2ClH/c5-4-7-3(1-8-6)2-9-4;;/h2H,1,6H2,(H2,5,7);2*1H. The van der Waals surface area contributed by atoms with Gasteiger partial charge in [-0.05, 0) is 0 Å². The van der Waals surface area contributed by atoms with Gasteiger partial charge in [-0.15, -0.1) is 36.2 Å². The summed E-state index contributed by atoms with van der Waals surface area (Å²) in [6.07, 6.45) is 0. The van der Waals surface area contributed by atoms with E-state index in [1.54, 1.807) is 0 Å². The summed E-state index contributed by atoms with van der Waals surface area (Å²) in [5.74, 6) is 4.79. The van der Waals surface area contributed by atoms with E-state index >= 15 is 0 Å². The fourth-order valence-electron chi connectivity index (χ4n) is 0.474. The van der Waals surface area contributed by atoms with Crippen molar-refractivity contribution in [3.8, 4) is 0 Å². The summed E-state index contributed by atoms with van der Waals surface area (Å²) in [4.78, 5) is 8.22. The number of halogens is 2. The van der Waals surface area contributed by atoms with E-state index in [-0.39, 0.29) is 24.8 Å². The molecule has 0 bridgehead atoms. The van der Waals surface area contributed by atoms with Crippen LogP contribution in [0.25, 0.3) is 0 Å². The number of aromatic nitrogens is 1. The maximum atomic E-state index is 5.32. The van der Waals surface area contributed by atoms with Crippen LogP contribution in [0.15, 0.2) is 5.38 Å². The van der Waals surface area contributed by atoms with Crippen molar-refractivity contribution < 1.29 is 4.84 Å². The van der Waals surface area contributed by atoms with Crippen molar-refractivity contribution in [2.24, 2.45) is 5.90 Å². The Hall–Kier alpha value is -0.0700. The largest absolute Gasteiger partial charge is 0.375 e. The third-order valence-electron chi connectivity index (χ3n) is 0.801. The van der Waals surface area contributed by atoms with Crippen molar-refractivity contribution in [2.75, 3.05) is 5.73 Å². The molecule has 4 nitrogen and oxygen atoms in total. The molecular formula is C4H9Cl2N3OS. The minimum Gasteiger partial charge on any atom is -0.375 e. The van der Waals surface area contributed by atoms with Crippen molar-refractivity contribution in [1.82, 2.24) is 4.98 Å². The van der Waals surface area contributed by atoms with Crippen molar-refractivity contribution in [1.29, 1.82) is 0 Å². The minimum absolute atomic E-state index is 0. The van der Waals surface area contributed by atoms with E-state index in [1.165, 1.54) is 11.3 Å². The summed E-state index contributed by atoms with van der Waals surface area (Å²) in [6.45, 7) is 0.327. The van der Waals surface area contributed by atoms with Gasteiger partial charge >= 0.3 is 0 Å². The van der Waals surface area contributed by atoms with Crippen LogP contribution in [0.5, 0.6) is 0 Å². The number of nitrogens with two attached hydrogens (primary N) is 2. The molecule has 7 heteroatoms. The van der Waals surface area contributed by atoms with E-state index in [0.29, 0.717) is 11.7 Å². The van der Waals surface area contributed by atoms with Gasteiger partial charge < -0.3 is 5.73 Å². The molecule has 0 saturated carbocycles. The zero-order valence-corrected chi connectivity index (χ0v) is 7.97. The van der Waals surface area contributed by atoms with Gasteiger partial charge in [-0.3, -0.25) is 4.84 Å². The molecule has 1 rings (SSSR count). The summed E-state index contributed by atoms with van der Waals surface area (Å²) < 4.78 is 0. The van der Waals surface area contributed by atoms with Crippen LogP contribution in [0.3, 0.4) is 0 Å². The molecule has 0 radical (unpaired) electrons. The molecule has 1 aromatic heterocycles. The minimum atomic E-state index is 0. The van der Waals surface area contributed by atoms with Gasteiger partial charge in [-0.1, -0.05) is 0 Å². The van der Waals surface area contributed by atoms with Crippen LogP contribution in [-0.4, -0.2) is 4.98 Å². The Morgan fingerprint density at radius 2 is 2.18 bits per heavy atom. The monoisotopic (exact) mass is 217 g/mol. The van der Waals surface area contributed by atoms with E-state index in [2.05, 4.69) is 9.82 Å². The van der Waals surface area contributed by atoms with Crippen LogP contribution in [0.4, 0.5) is 5.13 Å². The van der Waals surface area contributed by atoms with Gasteiger partial charge in [0.25, 0.3) is 0 Å². The summed E-state index contributed by atoms with van der Waals surface area (Å²) in [6, 6.07) is 0. The summed E-state index contributed by atoms with van der Waals surface area (Å²) in [5.41, 5.74) is 6.10. The fourth-order valence-corrected chi connectivity index (χ4v) is 1.02. The van der Waals surface area contributed by atoms with Crippen LogP contribution in [0, 0.1) is 0 Å². The number of nitrogens with zero attached hydrogens (tertiary/aromatic N) is 1. The first-order chi connectivity index (χ1) is 4.33. The second-order valence-electron chi connectivity index (χ2n) is 1.49. The molecule has 0 aliphatic heterocycles. The van der Waals surface area contributed by atoms with Crippen LogP contribution >= 0.6 is 36.2 Å². The first-order valence-corrected chi connectivity index (χ1v) is 3.22. The Bertz CT molecular complexity index is 195. The maximum absolute atomic E-state index is 5.32. The van der Waals surface area contributed by atoms with Gasteiger partial charge in [-0.25, -0.2) is 10.9 Å². The molecule has 1 aromatic rings. The first-order valence-electron chi connectivity index (χ1n) is 2.34. The summed E-state index contributed by atoms with van der Waals surface area (Å²) in [7, 11) is 0. The molecule has 0 aliphatic rings. The fraction of sp³-hybridized carbons (Fsp3) is 0.250. The van der Waals surface area contributed by atoms with E-state index in [0.717, 1.165) is 5.69 Å². The molecule has 0 fully saturated rings. The van der Waals surface area contributed by atoms with E-state index < -0.39 is 0 Å². The zero-order valence-electron chi connectivity index (χ0n) is 5.52. The molecule has 0 amide bonds. The Labute approximate surface area is 80.7 Å². The lowest BCUT2D eigenvalue weighted by Crippen LogP contribution is -1.98. The third-order valence-corrected chi connectivity index (χ3v) is 1.52. The predicted molar refractivity (Wildman–Crippen MR) is 50.0 cm³/mol. The average Bonchev–Trinajstić information content (AvgIpc) is 2.17. The molecular weight excluding hydrogens is 209 g/mol. The van der Waals surface area contributed by atoms with Crippen molar-refractivity contribution >= 4 is 41.3 Å². The van der Waals surface area contributed by atoms with Gasteiger partial charge in [-0.2, -0.15) is 0 Å². The summed E-state index contributed by atoms with van der Waals surface area (Å²) >= 11 is 1.38. The lowest BCUT2D eigenvalue weighted by atomic mass is 10.5. The number of nitrogen functional groups attached to an aromatic ring is 1. The Kier molecular flexibility index (Phi) is 8.14. The van der Waals surface area contributed by atoms with Gasteiger partial charge in [0.05, 0.1) is 5.69 Å². The quantitative estimate of drug-likeness (QED) is 0.725.